The minimum Gasteiger partial charge on any atom is -0.507 e. The maximum absolute atomic E-state index is 10.1. The van der Waals surface area contributed by atoms with E-state index in [1.165, 1.54) is 25.7 Å². The minimum atomic E-state index is 0.0635. The Hall–Kier alpha value is -1.26. The number of rotatable bonds is 5. The van der Waals surface area contributed by atoms with Gasteiger partial charge >= 0.3 is 0 Å². The van der Waals surface area contributed by atoms with E-state index in [0.717, 1.165) is 25.6 Å². The Morgan fingerprint density at radius 1 is 1.14 bits per heavy atom. The predicted octanol–water partition coefficient (Wildman–Crippen LogP) is 2.62. The summed E-state index contributed by atoms with van der Waals surface area (Å²) >= 11 is 0. The molecule has 1 heterocycles. The van der Waals surface area contributed by atoms with E-state index >= 15 is 0 Å². The van der Waals surface area contributed by atoms with Gasteiger partial charge in [-0.15, -0.1) is 0 Å². The van der Waals surface area contributed by atoms with Crippen LogP contribution in [0.5, 0.6) is 11.5 Å². The van der Waals surface area contributed by atoms with Crippen LogP contribution >= 0.6 is 0 Å². The molecule has 3 rings (SSSR count). The van der Waals surface area contributed by atoms with Crippen LogP contribution in [-0.2, 0) is 0 Å². The van der Waals surface area contributed by atoms with Crippen molar-refractivity contribution in [2.75, 3.05) is 19.6 Å². The molecule has 1 aliphatic carbocycles. The Labute approximate surface area is 126 Å². The van der Waals surface area contributed by atoms with Gasteiger partial charge in [-0.3, -0.25) is 4.90 Å². The fourth-order valence-electron chi connectivity index (χ4n) is 3.53. The third-order valence-corrected chi connectivity index (χ3v) is 4.92. The molecule has 0 amide bonds. The van der Waals surface area contributed by atoms with Crippen molar-refractivity contribution >= 4 is 0 Å². The van der Waals surface area contributed by atoms with Gasteiger partial charge in [-0.25, -0.2) is 0 Å². The first-order valence-electron chi connectivity index (χ1n) is 8.14. The van der Waals surface area contributed by atoms with Crippen molar-refractivity contribution in [3.8, 4) is 11.5 Å². The third kappa shape index (κ3) is 3.33. The smallest absolute Gasteiger partial charge is 0.124 e. The van der Waals surface area contributed by atoms with Gasteiger partial charge in [-0.2, -0.15) is 0 Å². The number of hydrogen-bond acceptors (Lipinski definition) is 4. The van der Waals surface area contributed by atoms with Crippen LogP contribution in [0.3, 0.4) is 0 Å². The van der Waals surface area contributed by atoms with Crippen molar-refractivity contribution in [1.82, 2.24) is 10.2 Å². The van der Waals surface area contributed by atoms with Crippen LogP contribution in [0.4, 0.5) is 0 Å². The largest absolute Gasteiger partial charge is 0.507 e. The number of hydrogen-bond donors (Lipinski definition) is 3. The molecule has 0 spiro atoms. The number of aromatic hydroxyl groups is 2. The Morgan fingerprint density at radius 3 is 2.33 bits per heavy atom. The van der Waals surface area contributed by atoms with Crippen LogP contribution in [0.25, 0.3) is 0 Å². The highest BCUT2D eigenvalue weighted by Gasteiger charge is 2.35. The zero-order chi connectivity index (χ0) is 14.8. The minimum absolute atomic E-state index is 0.0635. The average molecular weight is 290 g/mol. The van der Waals surface area contributed by atoms with Crippen LogP contribution in [0.15, 0.2) is 18.2 Å². The SMILES string of the molecule is CC(c1c(O)cccc1O)N(CC1CCNCC1)C1CC1. The van der Waals surface area contributed by atoms with Crippen molar-refractivity contribution in [3.05, 3.63) is 23.8 Å². The molecule has 1 aromatic rings. The normalized spacial score (nSPS) is 21.6. The Balaban J connectivity index is 1.76. The molecule has 0 radical (unpaired) electrons. The summed E-state index contributed by atoms with van der Waals surface area (Å²) in [6.45, 7) is 5.40. The number of phenols is 2. The highest BCUT2D eigenvalue weighted by atomic mass is 16.3. The number of piperidine rings is 1. The number of nitrogens with zero attached hydrogens (tertiary/aromatic N) is 1. The van der Waals surface area contributed by atoms with Gasteiger partial charge in [-0.05, 0) is 63.7 Å². The highest BCUT2D eigenvalue weighted by Crippen LogP contribution is 2.41. The molecule has 1 aromatic carbocycles. The van der Waals surface area contributed by atoms with E-state index in [-0.39, 0.29) is 17.5 Å². The zero-order valence-electron chi connectivity index (χ0n) is 12.8. The Bertz CT molecular complexity index is 461. The second-order valence-corrected chi connectivity index (χ2v) is 6.51. The topological polar surface area (TPSA) is 55.7 Å². The molecule has 2 aliphatic rings. The molecule has 0 bridgehead atoms. The summed E-state index contributed by atoms with van der Waals surface area (Å²) in [5, 5.41) is 23.7. The molecule has 4 heteroatoms. The molecule has 1 aliphatic heterocycles. The third-order valence-electron chi connectivity index (χ3n) is 4.92. The van der Waals surface area contributed by atoms with Crippen LogP contribution in [0, 0.1) is 5.92 Å². The standard InChI is InChI=1S/C17H26N2O2/c1-12(17-15(20)3-2-4-16(17)21)19(14-5-6-14)11-13-7-9-18-10-8-13/h2-4,12-14,18,20-21H,5-11H2,1H3. The van der Waals surface area contributed by atoms with E-state index in [4.69, 9.17) is 0 Å². The maximum Gasteiger partial charge on any atom is 0.124 e. The first-order valence-corrected chi connectivity index (χ1v) is 8.14. The molecule has 21 heavy (non-hydrogen) atoms. The van der Waals surface area contributed by atoms with E-state index in [1.807, 2.05) is 0 Å². The van der Waals surface area contributed by atoms with Gasteiger partial charge in [0.05, 0.1) is 5.56 Å². The number of phenolic OH excluding ortho intramolecular Hbond substituents is 2. The molecular formula is C17H26N2O2. The van der Waals surface area contributed by atoms with Crippen LogP contribution in [-0.4, -0.2) is 40.8 Å². The van der Waals surface area contributed by atoms with Gasteiger partial charge in [0.15, 0.2) is 0 Å². The lowest BCUT2D eigenvalue weighted by Gasteiger charge is -2.35. The predicted molar refractivity (Wildman–Crippen MR) is 83.5 cm³/mol. The molecular weight excluding hydrogens is 264 g/mol. The van der Waals surface area contributed by atoms with E-state index in [1.54, 1.807) is 18.2 Å². The molecule has 1 saturated heterocycles. The fraction of sp³-hybridized carbons (Fsp3) is 0.647. The fourth-order valence-corrected chi connectivity index (χ4v) is 3.53. The molecule has 2 fully saturated rings. The van der Waals surface area contributed by atoms with Gasteiger partial charge in [-0.1, -0.05) is 6.07 Å². The summed E-state index contributed by atoms with van der Waals surface area (Å²) < 4.78 is 0. The summed E-state index contributed by atoms with van der Waals surface area (Å²) in [7, 11) is 0. The first-order chi connectivity index (χ1) is 10.2. The molecule has 1 unspecified atom stereocenters. The average Bonchev–Trinajstić information content (AvgIpc) is 3.30. The lowest BCUT2D eigenvalue weighted by molar-refractivity contribution is 0.148. The lowest BCUT2D eigenvalue weighted by Crippen LogP contribution is -2.38. The molecule has 3 N–H and O–H groups in total. The Morgan fingerprint density at radius 2 is 1.76 bits per heavy atom. The summed E-state index contributed by atoms with van der Waals surface area (Å²) in [6, 6.07) is 5.71. The molecule has 4 nitrogen and oxygen atoms in total. The molecule has 0 aromatic heterocycles. The van der Waals surface area contributed by atoms with Crippen LogP contribution < -0.4 is 5.32 Å². The second-order valence-electron chi connectivity index (χ2n) is 6.51. The lowest BCUT2D eigenvalue weighted by atomic mass is 9.95. The van der Waals surface area contributed by atoms with Gasteiger partial charge < -0.3 is 15.5 Å². The van der Waals surface area contributed by atoms with Crippen LogP contribution in [0.1, 0.15) is 44.2 Å². The maximum atomic E-state index is 10.1. The molecule has 1 saturated carbocycles. The molecule has 1 atom stereocenters. The van der Waals surface area contributed by atoms with Crippen molar-refractivity contribution < 1.29 is 10.2 Å². The monoisotopic (exact) mass is 290 g/mol. The summed E-state index contributed by atoms with van der Waals surface area (Å²) in [5.74, 6) is 1.14. The quantitative estimate of drug-likeness (QED) is 0.780. The van der Waals surface area contributed by atoms with E-state index in [9.17, 15) is 10.2 Å². The van der Waals surface area contributed by atoms with Gasteiger partial charge in [0.2, 0.25) is 0 Å². The second kappa shape index (κ2) is 6.24. The summed E-state index contributed by atoms with van der Waals surface area (Å²) in [6.07, 6.45) is 4.93. The first kappa shape index (κ1) is 14.7. The highest BCUT2D eigenvalue weighted by molar-refractivity contribution is 5.45. The Kier molecular flexibility index (Phi) is 4.36. The van der Waals surface area contributed by atoms with Gasteiger partial charge in [0.25, 0.3) is 0 Å². The van der Waals surface area contributed by atoms with Gasteiger partial charge in [0.1, 0.15) is 11.5 Å². The number of benzene rings is 1. The van der Waals surface area contributed by atoms with Crippen molar-refractivity contribution in [2.24, 2.45) is 5.92 Å². The molecule has 116 valence electrons. The zero-order valence-corrected chi connectivity index (χ0v) is 12.8. The summed E-state index contributed by atoms with van der Waals surface area (Å²) in [5.41, 5.74) is 0.679. The van der Waals surface area contributed by atoms with E-state index in [0.29, 0.717) is 11.6 Å². The number of nitrogens with one attached hydrogen (secondary N) is 1. The van der Waals surface area contributed by atoms with E-state index in [2.05, 4.69) is 17.1 Å². The van der Waals surface area contributed by atoms with Crippen LogP contribution in [0.2, 0.25) is 0 Å². The van der Waals surface area contributed by atoms with E-state index < -0.39 is 0 Å². The van der Waals surface area contributed by atoms with Gasteiger partial charge in [0, 0.05) is 18.6 Å². The van der Waals surface area contributed by atoms with Crippen molar-refractivity contribution in [3.63, 3.8) is 0 Å². The van der Waals surface area contributed by atoms with Crippen molar-refractivity contribution in [2.45, 2.75) is 44.7 Å². The summed E-state index contributed by atoms with van der Waals surface area (Å²) in [4.78, 5) is 2.49. The van der Waals surface area contributed by atoms with Crippen molar-refractivity contribution in [1.29, 1.82) is 0 Å².